The summed E-state index contributed by atoms with van der Waals surface area (Å²) >= 11 is 1.51. The van der Waals surface area contributed by atoms with Gasteiger partial charge in [0.1, 0.15) is 11.6 Å². The largest absolute Gasteiger partial charge is 0.497 e. The molecule has 2 aromatic carbocycles. The normalized spacial score (nSPS) is 13.3. The monoisotopic (exact) mass is 445 g/mol. The Bertz CT molecular complexity index is 1300. The van der Waals surface area contributed by atoms with Gasteiger partial charge in [-0.25, -0.2) is 9.37 Å². The molecule has 2 heterocycles. The summed E-state index contributed by atoms with van der Waals surface area (Å²) in [6, 6.07) is 12.6. The number of methoxy groups -OCH3 is 1. The van der Waals surface area contributed by atoms with Gasteiger partial charge in [0.25, 0.3) is 0 Å². The van der Waals surface area contributed by atoms with Crippen molar-refractivity contribution >= 4 is 11.3 Å². The Morgan fingerprint density at radius 3 is 2.75 bits per heavy atom. The predicted octanol–water partition coefficient (Wildman–Crippen LogP) is 4.66. The minimum Gasteiger partial charge on any atom is -0.497 e. The Labute approximate surface area is 189 Å². The van der Waals surface area contributed by atoms with Crippen LogP contribution in [0.2, 0.25) is 0 Å². The average molecular weight is 446 g/mol. The van der Waals surface area contributed by atoms with Crippen LogP contribution in [0.4, 0.5) is 4.39 Å². The summed E-state index contributed by atoms with van der Waals surface area (Å²) in [5, 5.41) is 15.2. The van der Waals surface area contributed by atoms with Gasteiger partial charge < -0.3 is 4.74 Å². The summed E-state index contributed by atoms with van der Waals surface area (Å²) < 4.78 is 20.3. The van der Waals surface area contributed by atoms with Crippen molar-refractivity contribution in [3.8, 4) is 29.0 Å². The van der Waals surface area contributed by atoms with Gasteiger partial charge in [-0.2, -0.15) is 4.80 Å². The van der Waals surface area contributed by atoms with Gasteiger partial charge in [-0.3, -0.25) is 0 Å². The van der Waals surface area contributed by atoms with E-state index in [-0.39, 0.29) is 17.0 Å². The van der Waals surface area contributed by atoms with Crippen LogP contribution in [0.1, 0.15) is 47.0 Å². The summed E-state index contributed by atoms with van der Waals surface area (Å²) in [5.41, 5.74) is 2.65. The van der Waals surface area contributed by atoms with Crippen LogP contribution in [0.15, 0.2) is 47.8 Å². The molecule has 160 valence electrons. The molecular formula is C24H20FN5OS. The van der Waals surface area contributed by atoms with Gasteiger partial charge in [-0.15, -0.1) is 21.5 Å². The molecule has 0 saturated heterocycles. The van der Waals surface area contributed by atoms with Gasteiger partial charge in [0.15, 0.2) is 5.01 Å². The van der Waals surface area contributed by atoms with Crippen LogP contribution in [-0.4, -0.2) is 32.3 Å². The second kappa shape index (κ2) is 8.89. The van der Waals surface area contributed by atoms with Crippen LogP contribution in [0.5, 0.6) is 5.75 Å². The smallest absolute Gasteiger partial charge is 0.207 e. The maximum atomic E-state index is 15.1. The molecule has 4 aromatic rings. The minimum absolute atomic E-state index is 0.223. The molecular weight excluding hydrogens is 425 g/mol. The van der Waals surface area contributed by atoms with Crippen LogP contribution in [0.3, 0.4) is 0 Å². The molecule has 1 aliphatic rings. The van der Waals surface area contributed by atoms with E-state index in [1.807, 2.05) is 24.3 Å². The van der Waals surface area contributed by atoms with Gasteiger partial charge >= 0.3 is 0 Å². The summed E-state index contributed by atoms with van der Waals surface area (Å²) in [6.07, 6.45) is 3.65. The number of hydrogen-bond acceptors (Lipinski definition) is 6. The van der Waals surface area contributed by atoms with Crippen molar-refractivity contribution in [3.63, 3.8) is 0 Å². The fraction of sp³-hybridized carbons (Fsp3) is 0.250. The van der Waals surface area contributed by atoms with E-state index in [9.17, 15) is 0 Å². The highest BCUT2D eigenvalue weighted by Crippen LogP contribution is 2.36. The Morgan fingerprint density at radius 2 is 2.00 bits per heavy atom. The van der Waals surface area contributed by atoms with Crippen molar-refractivity contribution in [2.24, 2.45) is 0 Å². The lowest BCUT2D eigenvalue weighted by Gasteiger charge is -2.22. The first-order chi connectivity index (χ1) is 15.7. The standard InChI is InChI=1S/C24H20FN5OS/c1-31-19-11-8-16(9-12-19)14-30-28-24(27-29-30)20-7-3-6-18(23(20)25)10-13-22-26-21(15-32-22)17-4-2-5-17/h3,6-9,11-12,15,17H,2,4-5,14H2,1H3. The third-order valence-corrected chi connectivity index (χ3v) is 6.30. The molecule has 0 unspecified atom stereocenters. The number of nitrogens with zero attached hydrogens (tertiary/aromatic N) is 5. The average Bonchev–Trinajstić information content (AvgIpc) is 3.42. The molecule has 0 spiro atoms. The second-order valence-corrected chi connectivity index (χ2v) is 8.47. The van der Waals surface area contributed by atoms with Gasteiger partial charge in [0.2, 0.25) is 5.82 Å². The Hall–Kier alpha value is -3.57. The summed E-state index contributed by atoms with van der Waals surface area (Å²) in [4.78, 5) is 6.03. The van der Waals surface area contributed by atoms with Gasteiger partial charge in [-0.05, 0) is 53.8 Å². The van der Waals surface area contributed by atoms with E-state index < -0.39 is 5.82 Å². The highest BCUT2D eigenvalue weighted by atomic mass is 32.1. The van der Waals surface area contributed by atoms with Crippen molar-refractivity contribution in [2.75, 3.05) is 7.11 Å². The zero-order chi connectivity index (χ0) is 21.9. The lowest BCUT2D eigenvalue weighted by Crippen LogP contribution is -2.08. The van der Waals surface area contributed by atoms with Crippen molar-refractivity contribution in [2.45, 2.75) is 31.7 Å². The van der Waals surface area contributed by atoms with Crippen LogP contribution in [0.25, 0.3) is 11.4 Å². The number of hydrogen-bond donors (Lipinski definition) is 0. The molecule has 1 fully saturated rings. The molecule has 6 nitrogen and oxygen atoms in total. The lowest BCUT2D eigenvalue weighted by molar-refractivity contribution is 0.412. The van der Waals surface area contributed by atoms with Crippen molar-refractivity contribution in [3.05, 3.63) is 75.5 Å². The zero-order valence-electron chi connectivity index (χ0n) is 17.5. The van der Waals surface area contributed by atoms with Crippen molar-refractivity contribution in [1.29, 1.82) is 0 Å². The molecule has 0 N–H and O–H groups in total. The van der Waals surface area contributed by atoms with Crippen molar-refractivity contribution in [1.82, 2.24) is 25.2 Å². The van der Waals surface area contributed by atoms with Crippen molar-refractivity contribution < 1.29 is 9.13 Å². The van der Waals surface area contributed by atoms with Crippen LogP contribution < -0.4 is 4.74 Å². The highest BCUT2D eigenvalue weighted by molar-refractivity contribution is 7.10. The molecule has 0 amide bonds. The number of rotatable bonds is 5. The SMILES string of the molecule is COc1ccc(Cn2nnc(-c3cccc(C#Cc4nc(C5CCC5)cs4)c3F)n2)cc1. The molecule has 1 saturated carbocycles. The van der Waals surface area contributed by atoms with Crippen LogP contribution in [-0.2, 0) is 6.54 Å². The molecule has 5 rings (SSSR count). The highest BCUT2D eigenvalue weighted by Gasteiger charge is 2.21. The van der Waals surface area contributed by atoms with E-state index >= 15 is 4.39 Å². The fourth-order valence-corrected chi connectivity index (χ4v) is 4.21. The molecule has 0 aliphatic heterocycles. The number of ether oxygens (including phenoxy) is 1. The molecule has 0 atom stereocenters. The Morgan fingerprint density at radius 1 is 1.16 bits per heavy atom. The van der Waals surface area contributed by atoms with E-state index in [1.54, 1.807) is 25.3 Å². The first kappa shape index (κ1) is 20.3. The Kier molecular flexibility index (Phi) is 5.65. The van der Waals surface area contributed by atoms with Crippen LogP contribution in [0, 0.1) is 17.7 Å². The first-order valence-electron chi connectivity index (χ1n) is 10.4. The van der Waals surface area contributed by atoms with E-state index in [0.717, 1.165) is 17.0 Å². The molecule has 0 radical (unpaired) electrons. The van der Waals surface area contributed by atoms with E-state index in [4.69, 9.17) is 4.74 Å². The third-order valence-electron chi connectivity index (χ3n) is 5.53. The first-order valence-corrected chi connectivity index (χ1v) is 11.2. The quantitative estimate of drug-likeness (QED) is 0.418. The number of thiazole rings is 1. The zero-order valence-corrected chi connectivity index (χ0v) is 18.3. The topological polar surface area (TPSA) is 65.7 Å². The molecule has 0 bridgehead atoms. The van der Waals surface area contributed by atoms with E-state index in [0.29, 0.717) is 17.5 Å². The van der Waals surface area contributed by atoms with Gasteiger partial charge in [0, 0.05) is 11.3 Å². The molecule has 1 aliphatic carbocycles. The summed E-state index contributed by atoms with van der Waals surface area (Å²) in [7, 11) is 1.62. The fourth-order valence-electron chi connectivity index (χ4n) is 3.47. The van der Waals surface area contributed by atoms with E-state index in [1.165, 1.54) is 35.4 Å². The number of aromatic nitrogens is 5. The number of tetrazole rings is 1. The number of halogens is 1. The third kappa shape index (κ3) is 4.25. The molecule has 8 heteroatoms. The minimum atomic E-state index is -0.459. The molecule has 2 aromatic heterocycles. The predicted molar refractivity (Wildman–Crippen MR) is 120 cm³/mol. The van der Waals surface area contributed by atoms with Gasteiger partial charge in [0.05, 0.1) is 30.5 Å². The second-order valence-electron chi connectivity index (χ2n) is 7.61. The maximum absolute atomic E-state index is 15.1. The van der Waals surface area contributed by atoms with E-state index in [2.05, 4.69) is 37.6 Å². The van der Waals surface area contributed by atoms with Crippen LogP contribution >= 0.6 is 11.3 Å². The lowest BCUT2D eigenvalue weighted by atomic mass is 9.83. The summed E-state index contributed by atoms with van der Waals surface area (Å²) in [5.74, 6) is 7.01. The Balaban J connectivity index is 1.34. The summed E-state index contributed by atoms with van der Waals surface area (Å²) in [6.45, 7) is 0.422. The number of benzene rings is 2. The maximum Gasteiger partial charge on any atom is 0.207 e. The molecule has 32 heavy (non-hydrogen) atoms. The van der Waals surface area contributed by atoms with Gasteiger partial charge in [-0.1, -0.05) is 30.5 Å².